The fraction of sp³-hybridized carbons (Fsp3) is 0.850. The van der Waals surface area contributed by atoms with E-state index in [4.69, 9.17) is 8.83 Å². The van der Waals surface area contributed by atoms with E-state index in [9.17, 15) is 4.79 Å². The predicted molar refractivity (Wildman–Crippen MR) is 99.5 cm³/mol. The molecule has 1 saturated heterocycles. The highest BCUT2D eigenvalue weighted by atomic mass is 16.6. The molecule has 0 N–H and O–H groups in total. The molecule has 1 aromatic rings. The van der Waals surface area contributed by atoms with Crippen LogP contribution in [0.1, 0.15) is 78.7 Å². The van der Waals surface area contributed by atoms with Crippen LogP contribution in [0.5, 0.6) is 0 Å². The minimum atomic E-state index is -0.605. The number of nitrogens with zero attached hydrogens (tertiary/aromatic N) is 1. The molecule has 24 heavy (non-hydrogen) atoms. The van der Waals surface area contributed by atoms with Crippen LogP contribution in [0.2, 0.25) is 0 Å². The Labute approximate surface area is 147 Å². The van der Waals surface area contributed by atoms with E-state index < -0.39 is 5.82 Å². The fourth-order valence-corrected chi connectivity index (χ4v) is 2.69. The lowest BCUT2D eigenvalue weighted by atomic mass is 9.91. The second-order valence-corrected chi connectivity index (χ2v) is 9.38. The molecular weight excluding hydrogens is 302 g/mol. The van der Waals surface area contributed by atoms with Gasteiger partial charge in [-0.2, -0.15) is 0 Å². The van der Waals surface area contributed by atoms with Crippen LogP contribution in [0, 0.1) is 17.8 Å². The molecule has 1 aliphatic heterocycles. The summed E-state index contributed by atoms with van der Waals surface area (Å²) in [4.78, 5) is 13.3. The van der Waals surface area contributed by atoms with Gasteiger partial charge in [-0.25, -0.2) is 4.79 Å². The van der Waals surface area contributed by atoms with E-state index in [2.05, 4.69) is 46.4 Å². The van der Waals surface area contributed by atoms with Gasteiger partial charge in [0.1, 0.15) is 11.5 Å². The first-order valence-corrected chi connectivity index (χ1v) is 9.28. The normalized spacial score (nSPS) is 16.6. The van der Waals surface area contributed by atoms with E-state index >= 15 is 0 Å². The lowest BCUT2D eigenvalue weighted by Crippen LogP contribution is -2.32. The van der Waals surface area contributed by atoms with Gasteiger partial charge in [-0.3, -0.25) is 0 Å². The van der Waals surface area contributed by atoms with Crippen molar-refractivity contribution >= 4 is 0 Å². The van der Waals surface area contributed by atoms with E-state index in [1.54, 1.807) is 6.92 Å². The third kappa shape index (κ3) is 9.31. The van der Waals surface area contributed by atoms with Crippen molar-refractivity contribution in [2.24, 2.45) is 10.8 Å². The quantitative estimate of drug-likeness (QED) is 0.774. The molecule has 0 saturated carbocycles. The molecule has 4 heteroatoms. The number of hydrogen-bond acceptors (Lipinski definition) is 4. The Hall–Kier alpha value is -1.03. The first-order valence-electron chi connectivity index (χ1n) is 9.28. The largest absolute Gasteiger partial charge is 0.519 e. The fourth-order valence-electron chi connectivity index (χ4n) is 2.69. The van der Waals surface area contributed by atoms with Crippen LogP contribution in [0.25, 0.3) is 0 Å². The van der Waals surface area contributed by atoms with E-state index in [1.165, 1.54) is 45.3 Å². The maximum absolute atomic E-state index is 10.7. The van der Waals surface area contributed by atoms with Crippen LogP contribution in [0.4, 0.5) is 0 Å². The number of aryl methyl sites for hydroxylation is 1. The molecule has 0 aromatic carbocycles. The molecule has 2 heterocycles. The molecular formula is C20H37NO3. The molecule has 0 radical (unpaired) electrons. The molecule has 0 aliphatic carbocycles. The molecule has 1 aromatic heterocycles. The van der Waals surface area contributed by atoms with Crippen LogP contribution in [-0.2, 0) is 6.42 Å². The number of piperidine rings is 1. The standard InChI is InChI=1S/C11H23N.C9H14O3/c1-11(2,3)7-10-12-8-5-4-6-9-12;1-6-7(5-9(2,3)4)12-8(10)11-6/h4-10H2,1-3H3;5H2,1-4H3. The van der Waals surface area contributed by atoms with Crippen molar-refractivity contribution in [3.05, 3.63) is 22.1 Å². The van der Waals surface area contributed by atoms with Gasteiger partial charge < -0.3 is 13.7 Å². The van der Waals surface area contributed by atoms with Gasteiger partial charge in [0.25, 0.3) is 0 Å². The maximum Gasteiger partial charge on any atom is 0.519 e. The van der Waals surface area contributed by atoms with Crippen molar-refractivity contribution in [1.29, 1.82) is 0 Å². The zero-order valence-electron chi connectivity index (χ0n) is 16.8. The summed E-state index contributed by atoms with van der Waals surface area (Å²) in [6, 6.07) is 0. The van der Waals surface area contributed by atoms with Crippen molar-refractivity contribution in [2.45, 2.75) is 80.6 Å². The molecule has 0 spiro atoms. The van der Waals surface area contributed by atoms with E-state index in [1.807, 2.05) is 0 Å². The minimum absolute atomic E-state index is 0.116. The van der Waals surface area contributed by atoms with Crippen molar-refractivity contribution in [3.8, 4) is 0 Å². The molecule has 1 aliphatic rings. The van der Waals surface area contributed by atoms with Crippen molar-refractivity contribution in [2.75, 3.05) is 19.6 Å². The van der Waals surface area contributed by atoms with Crippen molar-refractivity contribution < 1.29 is 8.83 Å². The summed E-state index contributed by atoms with van der Waals surface area (Å²) in [7, 11) is 0. The third-order valence-corrected chi connectivity index (χ3v) is 4.15. The third-order valence-electron chi connectivity index (χ3n) is 4.15. The Morgan fingerprint density at radius 3 is 1.92 bits per heavy atom. The Morgan fingerprint density at radius 2 is 1.50 bits per heavy atom. The van der Waals surface area contributed by atoms with Crippen LogP contribution in [0.15, 0.2) is 13.6 Å². The van der Waals surface area contributed by atoms with Gasteiger partial charge >= 0.3 is 5.82 Å². The topological polar surface area (TPSA) is 46.6 Å². The molecule has 0 unspecified atom stereocenters. The summed E-state index contributed by atoms with van der Waals surface area (Å²) in [5.74, 6) is 0.647. The lowest BCUT2D eigenvalue weighted by Gasteiger charge is -2.29. The first kappa shape index (κ1) is 21.0. The Morgan fingerprint density at radius 1 is 0.917 bits per heavy atom. The van der Waals surface area contributed by atoms with Crippen LogP contribution >= 0.6 is 0 Å². The highest BCUT2D eigenvalue weighted by molar-refractivity contribution is 5.02. The average molecular weight is 340 g/mol. The summed E-state index contributed by atoms with van der Waals surface area (Å²) < 4.78 is 9.61. The summed E-state index contributed by atoms with van der Waals surface area (Å²) in [5, 5.41) is 0. The summed E-state index contributed by atoms with van der Waals surface area (Å²) in [6.07, 6.45) is 6.36. The number of likely N-dealkylation sites (tertiary alicyclic amines) is 1. The Bertz CT molecular complexity index is 522. The second kappa shape index (κ2) is 8.89. The van der Waals surface area contributed by atoms with Gasteiger partial charge in [0.15, 0.2) is 0 Å². The van der Waals surface area contributed by atoms with E-state index in [0.717, 1.165) is 6.42 Å². The lowest BCUT2D eigenvalue weighted by molar-refractivity contribution is 0.196. The molecule has 1 fully saturated rings. The molecule has 4 nitrogen and oxygen atoms in total. The van der Waals surface area contributed by atoms with Gasteiger partial charge in [-0.1, -0.05) is 48.0 Å². The van der Waals surface area contributed by atoms with Gasteiger partial charge in [-0.15, -0.1) is 0 Å². The molecule has 0 bridgehead atoms. The predicted octanol–water partition coefficient (Wildman–Crippen LogP) is 5.04. The number of hydrogen-bond donors (Lipinski definition) is 0. The zero-order chi connectivity index (χ0) is 18.4. The van der Waals surface area contributed by atoms with E-state index in [0.29, 0.717) is 16.9 Å². The Kier molecular flexibility index (Phi) is 7.78. The summed E-state index contributed by atoms with van der Waals surface area (Å²) in [5.41, 5.74) is 0.627. The monoisotopic (exact) mass is 339 g/mol. The van der Waals surface area contributed by atoms with Gasteiger partial charge in [0.05, 0.1) is 0 Å². The van der Waals surface area contributed by atoms with Gasteiger partial charge in [0.2, 0.25) is 0 Å². The molecule has 0 atom stereocenters. The molecule has 0 amide bonds. The minimum Gasteiger partial charge on any atom is -0.396 e. The molecule has 2 rings (SSSR count). The Balaban J connectivity index is 0.000000240. The van der Waals surface area contributed by atoms with Gasteiger partial charge in [-0.05, 0) is 56.7 Å². The second-order valence-electron chi connectivity index (χ2n) is 9.38. The zero-order valence-corrected chi connectivity index (χ0v) is 16.8. The highest BCUT2D eigenvalue weighted by Gasteiger charge is 2.17. The van der Waals surface area contributed by atoms with Crippen LogP contribution in [0.3, 0.4) is 0 Å². The SMILES string of the molecule is CC(C)(C)CCN1CCCCC1.Cc1oc(=O)oc1CC(C)(C)C. The first-order chi connectivity index (χ1) is 11.0. The van der Waals surface area contributed by atoms with Crippen LogP contribution in [-0.4, -0.2) is 24.5 Å². The molecule has 140 valence electrons. The summed E-state index contributed by atoms with van der Waals surface area (Å²) in [6.45, 7) is 19.0. The maximum atomic E-state index is 10.7. The van der Waals surface area contributed by atoms with E-state index in [-0.39, 0.29) is 5.41 Å². The number of rotatable bonds is 3. The smallest absolute Gasteiger partial charge is 0.396 e. The highest BCUT2D eigenvalue weighted by Crippen LogP contribution is 2.22. The summed E-state index contributed by atoms with van der Waals surface area (Å²) >= 11 is 0. The average Bonchev–Trinajstić information content (AvgIpc) is 2.74. The van der Waals surface area contributed by atoms with Gasteiger partial charge in [0, 0.05) is 6.42 Å². The van der Waals surface area contributed by atoms with Crippen molar-refractivity contribution in [3.63, 3.8) is 0 Å². The van der Waals surface area contributed by atoms with Crippen molar-refractivity contribution in [1.82, 2.24) is 4.90 Å². The van der Waals surface area contributed by atoms with Crippen LogP contribution < -0.4 is 5.82 Å².